The highest BCUT2D eigenvalue weighted by atomic mass is 16.5. The Morgan fingerprint density at radius 3 is 2.84 bits per heavy atom. The molecule has 2 aromatic rings. The van der Waals surface area contributed by atoms with Crippen molar-refractivity contribution in [1.82, 2.24) is 14.9 Å². The highest BCUT2D eigenvalue weighted by Crippen LogP contribution is 2.17. The number of ether oxygens (including phenoxy) is 1. The Balaban J connectivity index is 1.97. The number of rotatable bonds is 2. The zero-order chi connectivity index (χ0) is 13.2. The van der Waals surface area contributed by atoms with Crippen molar-refractivity contribution >= 4 is 16.8 Å². The second-order valence-electron chi connectivity index (χ2n) is 4.31. The van der Waals surface area contributed by atoms with Gasteiger partial charge in [-0.3, -0.25) is 4.79 Å². The van der Waals surface area contributed by atoms with Crippen LogP contribution in [0, 0.1) is 0 Å². The first kappa shape index (κ1) is 11.6. The van der Waals surface area contributed by atoms with Gasteiger partial charge in [-0.15, -0.1) is 0 Å². The number of nitrogens with zero attached hydrogens (tertiary/aromatic N) is 3. The fourth-order valence-electron chi connectivity index (χ4n) is 2.06. The Morgan fingerprint density at radius 2 is 2.11 bits per heavy atom. The summed E-state index contributed by atoms with van der Waals surface area (Å²) in [6.07, 6.45) is 5.67. The van der Waals surface area contributed by atoms with E-state index in [4.69, 9.17) is 4.74 Å². The molecule has 1 aromatic heterocycles. The topological polar surface area (TPSA) is 55.3 Å². The Hall–Kier alpha value is -2.43. The Bertz CT molecular complexity index is 659. The van der Waals surface area contributed by atoms with Crippen LogP contribution in [0.15, 0.2) is 36.5 Å². The van der Waals surface area contributed by atoms with Crippen LogP contribution in [-0.2, 0) is 0 Å². The molecule has 0 atom stereocenters. The number of benzene rings is 1. The molecule has 3 rings (SSSR count). The first-order valence-electron chi connectivity index (χ1n) is 6.03. The summed E-state index contributed by atoms with van der Waals surface area (Å²) in [5.41, 5.74) is 1.35. The van der Waals surface area contributed by atoms with Gasteiger partial charge >= 0.3 is 6.01 Å². The molecule has 0 saturated carbocycles. The summed E-state index contributed by atoms with van der Waals surface area (Å²) in [4.78, 5) is 22.3. The quantitative estimate of drug-likeness (QED) is 0.766. The van der Waals surface area contributed by atoms with Crippen LogP contribution in [0.3, 0.4) is 0 Å². The lowest BCUT2D eigenvalue weighted by Gasteiger charge is -2.15. The van der Waals surface area contributed by atoms with Crippen LogP contribution in [0.1, 0.15) is 10.4 Å². The Morgan fingerprint density at radius 1 is 1.32 bits per heavy atom. The largest absolute Gasteiger partial charge is 0.467 e. The van der Waals surface area contributed by atoms with E-state index in [-0.39, 0.29) is 5.91 Å². The zero-order valence-corrected chi connectivity index (χ0v) is 10.5. The maximum absolute atomic E-state index is 12.3. The summed E-state index contributed by atoms with van der Waals surface area (Å²) in [6.45, 7) is 1.34. The van der Waals surface area contributed by atoms with Crippen LogP contribution in [0.2, 0.25) is 0 Å². The SMILES string of the molecule is COc1ncc2ccc(C(=O)N3CC=CC3)cc2n1. The van der Waals surface area contributed by atoms with Crippen LogP contribution in [0.5, 0.6) is 6.01 Å². The number of methoxy groups -OCH3 is 1. The summed E-state index contributed by atoms with van der Waals surface area (Å²) in [7, 11) is 1.52. The van der Waals surface area contributed by atoms with Gasteiger partial charge in [-0.25, -0.2) is 4.98 Å². The van der Waals surface area contributed by atoms with Gasteiger partial charge in [-0.05, 0) is 12.1 Å². The molecule has 5 heteroatoms. The molecule has 0 spiro atoms. The predicted octanol–water partition coefficient (Wildman–Crippen LogP) is 1.65. The summed E-state index contributed by atoms with van der Waals surface area (Å²) in [6, 6.07) is 5.74. The molecule has 1 amide bonds. The second-order valence-corrected chi connectivity index (χ2v) is 4.31. The van der Waals surface area contributed by atoms with Gasteiger partial charge in [0.05, 0.1) is 12.6 Å². The van der Waals surface area contributed by atoms with Crippen LogP contribution in [0.4, 0.5) is 0 Å². The standard InChI is InChI=1S/C14H13N3O2/c1-19-14-15-9-11-5-4-10(8-12(11)16-14)13(18)17-6-2-3-7-17/h2-5,8-9H,6-7H2,1H3. The van der Waals surface area contributed by atoms with E-state index in [0.717, 1.165) is 5.39 Å². The molecule has 0 N–H and O–H groups in total. The lowest BCUT2D eigenvalue weighted by Crippen LogP contribution is -2.28. The first-order valence-corrected chi connectivity index (χ1v) is 6.03. The van der Waals surface area contributed by atoms with Crippen molar-refractivity contribution < 1.29 is 9.53 Å². The van der Waals surface area contributed by atoms with Gasteiger partial charge in [0.15, 0.2) is 0 Å². The molecular weight excluding hydrogens is 242 g/mol. The number of carbonyl (C=O) groups is 1. The minimum Gasteiger partial charge on any atom is -0.467 e. The molecule has 2 heterocycles. The molecule has 0 fully saturated rings. The molecule has 0 unspecified atom stereocenters. The van der Waals surface area contributed by atoms with E-state index >= 15 is 0 Å². The predicted molar refractivity (Wildman–Crippen MR) is 71.1 cm³/mol. The average Bonchev–Trinajstić information content (AvgIpc) is 2.99. The van der Waals surface area contributed by atoms with Crippen LogP contribution < -0.4 is 4.74 Å². The first-order chi connectivity index (χ1) is 9.28. The van der Waals surface area contributed by atoms with Crippen molar-refractivity contribution in [1.29, 1.82) is 0 Å². The fraction of sp³-hybridized carbons (Fsp3) is 0.214. The molecule has 1 aliphatic heterocycles. The van der Waals surface area contributed by atoms with Gasteiger partial charge in [-0.2, -0.15) is 4.98 Å². The highest BCUT2D eigenvalue weighted by Gasteiger charge is 2.16. The fourth-order valence-corrected chi connectivity index (χ4v) is 2.06. The van der Waals surface area contributed by atoms with E-state index in [1.165, 1.54) is 7.11 Å². The monoisotopic (exact) mass is 255 g/mol. The summed E-state index contributed by atoms with van der Waals surface area (Å²) < 4.78 is 4.99. The van der Waals surface area contributed by atoms with E-state index in [9.17, 15) is 4.79 Å². The van der Waals surface area contributed by atoms with Crippen molar-refractivity contribution in [3.63, 3.8) is 0 Å². The molecule has 0 saturated heterocycles. The molecule has 5 nitrogen and oxygen atoms in total. The van der Waals surface area contributed by atoms with Gasteiger partial charge in [0, 0.05) is 30.2 Å². The third-order valence-corrected chi connectivity index (χ3v) is 3.10. The third kappa shape index (κ3) is 2.14. The lowest BCUT2D eigenvalue weighted by molar-refractivity contribution is 0.0800. The molecule has 0 aliphatic carbocycles. The molecular formula is C14H13N3O2. The smallest absolute Gasteiger partial charge is 0.316 e. The molecule has 1 aromatic carbocycles. The lowest BCUT2D eigenvalue weighted by atomic mass is 10.1. The number of aromatic nitrogens is 2. The van der Waals surface area contributed by atoms with Crippen LogP contribution in [-0.4, -0.2) is 41.0 Å². The highest BCUT2D eigenvalue weighted by molar-refractivity contribution is 5.98. The van der Waals surface area contributed by atoms with Gasteiger partial charge in [0.1, 0.15) is 0 Å². The van der Waals surface area contributed by atoms with Crippen molar-refractivity contribution in [3.8, 4) is 6.01 Å². The van der Waals surface area contributed by atoms with E-state index in [0.29, 0.717) is 30.2 Å². The maximum Gasteiger partial charge on any atom is 0.316 e. The molecule has 96 valence electrons. The minimum atomic E-state index is 0.0180. The van der Waals surface area contributed by atoms with Gasteiger partial charge in [0.25, 0.3) is 5.91 Å². The van der Waals surface area contributed by atoms with Gasteiger partial charge in [0.2, 0.25) is 0 Å². The van der Waals surface area contributed by atoms with Crippen LogP contribution in [0.25, 0.3) is 10.9 Å². The number of amides is 1. The third-order valence-electron chi connectivity index (χ3n) is 3.10. The van der Waals surface area contributed by atoms with Crippen molar-refractivity contribution in [3.05, 3.63) is 42.1 Å². The van der Waals surface area contributed by atoms with Crippen molar-refractivity contribution in [2.75, 3.05) is 20.2 Å². The van der Waals surface area contributed by atoms with Crippen LogP contribution >= 0.6 is 0 Å². The number of hydrogen-bond donors (Lipinski definition) is 0. The summed E-state index contributed by atoms with van der Waals surface area (Å²) in [5.74, 6) is 0.0180. The zero-order valence-electron chi connectivity index (χ0n) is 10.5. The number of carbonyl (C=O) groups excluding carboxylic acids is 1. The second kappa shape index (κ2) is 4.68. The molecule has 0 bridgehead atoms. The van der Waals surface area contributed by atoms with E-state index in [2.05, 4.69) is 9.97 Å². The normalized spacial score (nSPS) is 14.1. The Kier molecular flexibility index (Phi) is 2.87. The van der Waals surface area contributed by atoms with Gasteiger partial charge in [-0.1, -0.05) is 18.2 Å². The molecule has 0 radical (unpaired) electrons. The van der Waals surface area contributed by atoms with E-state index in [1.807, 2.05) is 18.2 Å². The van der Waals surface area contributed by atoms with Crippen molar-refractivity contribution in [2.24, 2.45) is 0 Å². The summed E-state index contributed by atoms with van der Waals surface area (Å²) >= 11 is 0. The summed E-state index contributed by atoms with van der Waals surface area (Å²) in [5, 5.41) is 0.886. The molecule has 1 aliphatic rings. The van der Waals surface area contributed by atoms with E-state index in [1.54, 1.807) is 23.2 Å². The maximum atomic E-state index is 12.3. The van der Waals surface area contributed by atoms with E-state index < -0.39 is 0 Å². The van der Waals surface area contributed by atoms with Crippen molar-refractivity contribution in [2.45, 2.75) is 0 Å². The molecule has 19 heavy (non-hydrogen) atoms. The minimum absolute atomic E-state index is 0.0180. The number of fused-ring (bicyclic) bond motifs is 1. The Labute approximate surface area is 110 Å². The van der Waals surface area contributed by atoms with Gasteiger partial charge < -0.3 is 9.64 Å². The average molecular weight is 255 g/mol. The number of hydrogen-bond acceptors (Lipinski definition) is 4.